The Kier molecular flexibility index (Phi) is 6.24. The molecule has 0 radical (unpaired) electrons. The minimum Gasteiger partial charge on any atom is -0.341 e. The van der Waals surface area contributed by atoms with Gasteiger partial charge in [-0.3, -0.25) is 14.6 Å². The van der Waals surface area contributed by atoms with Crippen molar-refractivity contribution in [2.45, 2.75) is 25.4 Å². The van der Waals surface area contributed by atoms with Crippen LogP contribution in [0.15, 0.2) is 30.3 Å². The molecular weight excluding hydrogens is 300 g/mol. The Hall–Kier alpha value is -1.43. The molecule has 2 heterocycles. The first-order chi connectivity index (χ1) is 11.7. The van der Waals surface area contributed by atoms with E-state index in [0.717, 1.165) is 58.7 Å². The molecule has 0 unspecified atom stereocenters. The van der Waals surface area contributed by atoms with Crippen LogP contribution in [-0.2, 0) is 11.3 Å². The van der Waals surface area contributed by atoms with E-state index in [9.17, 15) is 4.79 Å². The van der Waals surface area contributed by atoms with Gasteiger partial charge in [0.05, 0.1) is 6.54 Å². The summed E-state index contributed by atoms with van der Waals surface area (Å²) < 4.78 is 0. The van der Waals surface area contributed by atoms with Crippen molar-refractivity contribution in [1.29, 1.82) is 0 Å². The molecule has 2 aliphatic rings. The summed E-state index contributed by atoms with van der Waals surface area (Å²) in [5.74, 6) is 0.307. The van der Waals surface area contributed by atoms with Crippen LogP contribution >= 0.6 is 0 Å². The van der Waals surface area contributed by atoms with Gasteiger partial charge in [0.1, 0.15) is 0 Å². The van der Waals surface area contributed by atoms with Gasteiger partial charge in [-0.1, -0.05) is 30.3 Å². The molecule has 0 bridgehead atoms. The number of carbonyl (C=O) groups excluding carboxylic acids is 1. The van der Waals surface area contributed by atoms with E-state index in [0.29, 0.717) is 18.5 Å². The van der Waals surface area contributed by atoms with Crippen LogP contribution in [0, 0.1) is 0 Å². The minimum absolute atomic E-state index is 0.307. The van der Waals surface area contributed by atoms with Gasteiger partial charge in [-0.2, -0.15) is 0 Å². The first kappa shape index (κ1) is 17.4. The number of nitrogens with one attached hydrogen (secondary N) is 1. The van der Waals surface area contributed by atoms with Gasteiger partial charge in [0, 0.05) is 51.9 Å². The first-order valence-corrected chi connectivity index (χ1v) is 9.18. The number of rotatable bonds is 5. The molecule has 2 saturated heterocycles. The number of piperidine rings is 1. The monoisotopic (exact) mass is 330 g/mol. The second kappa shape index (κ2) is 8.60. The SMILES string of the molecule is CNC1CCN(C(=O)CN2CCN(Cc3ccccc3)CC2)CC1. The fraction of sp³-hybridized carbons (Fsp3) is 0.632. The molecule has 2 aliphatic heterocycles. The van der Waals surface area contributed by atoms with E-state index >= 15 is 0 Å². The number of hydrogen-bond acceptors (Lipinski definition) is 4. The smallest absolute Gasteiger partial charge is 0.236 e. The second-order valence-electron chi connectivity index (χ2n) is 6.98. The number of amides is 1. The normalized spacial score (nSPS) is 21.1. The lowest BCUT2D eigenvalue weighted by atomic mass is 10.1. The number of likely N-dealkylation sites (tertiary alicyclic amines) is 1. The number of benzene rings is 1. The lowest BCUT2D eigenvalue weighted by Crippen LogP contribution is -2.51. The Morgan fingerprint density at radius 1 is 1.00 bits per heavy atom. The van der Waals surface area contributed by atoms with Crippen LogP contribution in [0.2, 0.25) is 0 Å². The Morgan fingerprint density at radius 3 is 2.25 bits per heavy atom. The zero-order valence-corrected chi connectivity index (χ0v) is 14.8. The molecule has 0 saturated carbocycles. The van der Waals surface area contributed by atoms with Crippen LogP contribution in [0.25, 0.3) is 0 Å². The summed E-state index contributed by atoms with van der Waals surface area (Å²) in [5.41, 5.74) is 1.37. The highest BCUT2D eigenvalue weighted by Crippen LogP contribution is 2.12. The molecule has 2 fully saturated rings. The van der Waals surface area contributed by atoms with Crippen molar-refractivity contribution in [3.63, 3.8) is 0 Å². The molecular formula is C19H30N4O. The molecule has 24 heavy (non-hydrogen) atoms. The number of hydrogen-bond donors (Lipinski definition) is 1. The zero-order valence-electron chi connectivity index (χ0n) is 14.8. The molecule has 1 N–H and O–H groups in total. The van der Waals surface area contributed by atoms with Crippen molar-refractivity contribution in [3.05, 3.63) is 35.9 Å². The Bertz CT molecular complexity index is 505. The first-order valence-electron chi connectivity index (χ1n) is 9.18. The van der Waals surface area contributed by atoms with E-state index < -0.39 is 0 Å². The molecule has 0 atom stereocenters. The van der Waals surface area contributed by atoms with Gasteiger partial charge in [0.25, 0.3) is 0 Å². The fourth-order valence-corrected chi connectivity index (χ4v) is 3.66. The predicted molar refractivity (Wildman–Crippen MR) is 96.8 cm³/mol. The largest absolute Gasteiger partial charge is 0.341 e. The molecule has 5 nitrogen and oxygen atoms in total. The third-order valence-corrected chi connectivity index (χ3v) is 5.33. The topological polar surface area (TPSA) is 38.8 Å². The molecule has 1 aromatic carbocycles. The lowest BCUT2D eigenvalue weighted by molar-refractivity contribution is -0.134. The average Bonchev–Trinajstić information content (AvgIpc) is 2.64. The Labute approximate surface area is 145 Å². The van der Waals surface area contributed by atoms with E-state index in [4.69, 9.17) is 0 Å². The van der Waals surface area contributed by atoms with Crippen LogP contribution in [0.4, 0.5) is 0 Å². The predicted octanol–water partition coefficient (Wildman–Crippen LogP) is 1.01. The summed E-state index contributed by atoms with van der Waals surface area (Å²) >= 11 is 0. The highest BCUT2D eigenvalue weighted by molar-refractivity contribution is 5.78. The summed E-state index contributed by atoms with van der Waals surface area (Å²) in [6, 6.07) is 11.2. The molecule has 0 aliphatic carbocycles. The van der Waals surface area contributed by atoms with E-state index in [1.54, 1.807) is 0 Å². The third kappa shape index (κ3) is 4.79. The molecule has 1 aromatic rings. The molecule has 1 amide bonds. The van der Waals surface area contributed by atoms with Crippen molar-refractivity contribution >= 4 is 5.91 Å². The lowest BCUT2D eigenvalue weighted by Gasteiger charge is -2.37. The van der Waals surface area contributed by atoms with Crippen molar-refractivity contribution in [2.24, 2.45) is 0 Å². The third-order valence-electron chi connectivity index (χ3n) is 5.33. The van der Waals surface area contributed by atoms with Gasteiger partial charge in [-0.25, -0.2) is 0 Å². The van der Waals surface area contributed by atoms with Crippen molar-refractivity contribution in [1.82, 2.24) is 20.0 Å². The van der Waals surface area contributed by atoms with Crippen molar-refractivity contribution < 1.29 is 4.79 Å². The second-order valence-corrected chi connectivity index (χ2v) is 6.98. The van der Waals surface area contributed by atoms with Gasteiger partial charge in [-0.05, 0) is 25.5 Å². The maximum Gasteiger partial charge on any atom is 0.236 e. The molecule has 0 aromatic heterocycles. The fourth-order valence-electron chi connectivity index (χ4n) is 3.66. The summed E-state index contributed by atoms with van der Waals surface area (Å²) in [6.07, 6.45) is 2.15. The van der Waals surface area contributed by atoms with E-state index in [2.05, 4.69) is 45.4 Å². The number of carbonyl (C=O) groups is 1. The van der Waals surface area contributed by atoms with Crippen LogP contribution < -0.4 is 5.32 Å². The van der Waals surface area contributed by atoms with Gasteiger partial charge >= 0.3 is 0 Å². The standard InChI is InChI=1S/C19H30N4O/c1-20-18-7-9-23(10-8-18)19(24)16-22-13-11-21(12-14-22)15-17-5-3-2-4-6-17/h2-6,18,20H,7-16H2,1H3. The quantitative estimate of drug-likeness (QED) is 0.875. The molecule has 132 valence electrons. The van der Waals surface area contributed by atoms with Crippen LogP contribution in [0.5, 0.6) is 0 Å². The molecule has 5 heteroatoms. The van der Waals surface area contributed by atoms with Crippen molar-refractivity contribution in [2.75, 3.05) is 52.9 Å². The highest BCUT2D eigenvalue weighted by atomic mass is 16.2. The number of piperazine rings is 1. The van der Waals surface area contributed by atoms with E-state index in [1.807, 2.05) is 11.9 Å². The van der Waals surface area contributed by atoms with Crippen molar-refractivity contribution in [3.8, 4) is 0 Å². The van der Waals surface area contributed by atoms with Gasteiger partial charge in [-0.15, -0.1) is 0 Å². The van der Waals surface area contributed by atoms with E-state index in [1.165, 1.54) is 5.56 Å². The van der Waals surface area contributed by atoms with Crippen LogP contribution in [0.3, 0.4) is 0 Å². The van der Waals surface area contributed by atoms with Crippen LogP contribution in [0.1, 0.15) is 18.4 Å². The summed E-state index contributed by atoms with van der Waals surface area (Å²) in [6.45, 7) is 7.48. The molecule has 0 spiro atoms. The van der Waals surface area contributed by atoms with Gasteiger partial charge < -0.3 is 10.2 Å². The highest BCUT2D eigenvalue weighted by Gasteiger charge is 2.25. The van der Waals surface area contributed by atoms with Gasteiger partial charge in [0.2, 0.25) is 5.91 Å². The zero-order chi connectivity index (χ0) is 16.8. The maximum absolute atomic E-state index is 12.5. The van der Waals surface area contributed by atoms with E-state index in [-0.39, 0.29) is 0 Å². The van der Waals surface area contributed by atoms with Crippen LogP contribution in [-0.4, -0.2) is 79.5 Å². The summed E-state index contributed by atoms with van der Waals surface area (Å²) in [4.78, 5) is 19.3. The number of nitrogens with zero attached hydrogens (tertiary/aromatic N) is 3. The maximum atomic E-state index is 12.5. The Morgan fingerprint density at radius 2 is 1.62 bits per heavy atom. The minimum atomic E-state index is 0.307. The Balaban J connectivity index is 1.38. The van der Waals surface area contributed by atoms with Gasteiger partial charge in [0.15, 0.2) is 0 Å². The average molecular weight is 330 g/mol. The summed E-state index contributed by atoms with van der Waals surface area (Å²) in [7, 11) is 2.01. The molecule has 3 rings (SSSR count). The summed E-state index contributed by atoms with van der Waals surface area (Å²) in [5, 5.41) is 3.32.